The van der Waals surface area contributed by atoms with Crippen LogP contribution in [0, 0.1) is 13.8 Å². The number of nitrogens with one attached hydrogen (secondary N) is 1. The Bertz CT molecular complexity index is 1180. The van der Waals surface area contributed by atoms with Gasteiger partial charge in [-0.2, -0.15) is 0 Å². The minimum atomic E-state index is -4.01. The maximum atomic E-state index is 13.4. The minimum Gasteiger partial charge on any atom is -0.324 e. The first-order chi connectivity index (χ1) is 14.2. The number of sulfonamides is 1. The third kappa shape index (κ3) is 4.95. The minimum absolute atomic E-state index is 0.0797. The van der Waals surface area contributed by atoms with Crippen LogP contribution in [0.3, 0.4) is 0 Å². The van der Waals surface area contributed by atoms with Gasteiger partial charge in [0.15, 0.2) is 0 Å². The maximum absolute atomic E-state index is 13.4. The number of carbonyl (C=O) groups excluding carboxylic acids is 1. The highest BCUT2D eigenvalue weighted by molar-refractivity contribution is 7.92. The van der Waals surface area contributed by atoms with Gasteiger partial charge in [0.25, 0.3) is 10.0 Å². The van der Waals surface area contributed by atoms with Crippen molar-refractivity contribution in [3.63, 3.8) is 0 Å². The Labute approximate surface area is 186 Å². The first-order valence-corrected chi connectivity index (χ1v) is 11.3. The van der Waals surface area contributed by atoms with Crippen LogP contribution in [0.25, 0.3) is 0 Å². The molecule has 0 atom stereocenters. The quantitative estimate of drug-likeness (QED) is 0.529. The number of amides is 1. The molecular formula is C22H20Cl2N2O3S. The molecule has 0 aliphatic heterocycles. The second-order valence-electron chi connectivity index (χ2n) is 6.76. The van der Waals surface area contributed by atoms with E-state index in [2.05, 4.69) is 5.32 Å². The van der Waals surface area contributed by atoms with Gasteiger partial charge in [-0.05, 0) is 61.4 Å². The lowest BCUT2D eigenvalue weighted by atomic mass is 10.2. The van der Waals surface area contributed by atoms with E-state index in [0.717, 1.165) is 9.87 Å². The van der Waals surface area contributed by atoms with Gasteiger partial charge in [-0.3, -0.25) is 9.10 Å². The molecule has 3 aromatic carbocycles. The molecule has 0 unspecified atom stereocenters. The molecule has 1 N–H and O–H groups in total. The van der Waals surface area contributed by atoms with Crippen LogP contribution in [0.5, 0.6) is 0 Å². The zero-order valence-corrected chi connectivity index (χ0v) is 18.7. The summed E-state index contributed by atoms with van der Waals surface area (Å²) in [6.07, 6.45) is 0. The third-order valence-electron chi connectivity index (χ3n) is 4.53. The average molecular weight is 463 g/mol. The predicted molar refractivity (Wildman–Crippen MR) is 122 cm³/mol. The standard InChI is InChI=1S/C22H20Cl2N2O3S/c1-15-8-10-17(23)12-20(15)25-22(27)14-26(21-13-18(24)11-9-16(21)2)30(28,29)19-6-4-3-5-7-19/h3-13H,14H2,1-2H3,(H,25,27). The molecule has 0 saturated carbocycles. The van der Waals surface area contributed by atoms with Gasteiger partial charge < -0.3 is 5.32 Å². The van der Waals surface area contributed by atoms with Crippen molar-refractivity contribution in [3.8, 4) is 0 Å². The van der Waals surface area contributed by atoms with E-state index in [1.54, 1.807) is 55.5 Å². The van der Waals surface area contributed by atoms with E-state index in [9.17, 15) is 13.2 Å². The van der Waals surface area contributed by atoms with Crippen molar-refractivity contribution in [2.24, 2.45) is 0 Å². The molecule has 0 saturated heterocycles. The summed E-state index contributed by atoms with van der Waals surface area (Å²) in [6, 6.07) is 18.0. The van der Waals surface area contributed by atoms with Gasteiger partial charge in [0, 0.05) is 15.7 Å². The predicted octanol–water partition coefficient (Wildman–Crippen LogP) is 5.44. The number of anilines is 2. The Balaban J connectivity index is 2.01. The maximum Gasteiger partial charge on any atom is 0.264 e. The molecule has 3 aromatic rings. The van der Waals surface area contributed by atoms with E-state index in [4.69, 9.17) is 23.2 Å². The molecule has 0 heterocycles. The van der Waals surface area contributed by atoms with Crippen LogP contribution in [-0.4, -0.2) is 20.9 Å². The fourth-order valence-corrected chi connectivity index (χ4v) is 4.76. The normalized spacial score (nSPS) is 11.2. The van der Waals surface area contributed by atoms with Crippen molar-refractivity contribution in [2.45, 2.75) is 18.7 Å². The molecule has 0 bridgehead atoms. The van der Waals surface area contributed by atoms with Crippen LogP contribution in [-0.2, 0) is 14.8 Å². The highest BCUT2D eigenvalue weighted by Gasteiger charge is 2.28. The fourth-order valence-electron chi connectivity index (χ4n) is 2.92. The van der Waals surface area contributed by atoms with Crippen molar-refractivity contribution in [2.75, 3.05) is 16.2 Å². The van der Waals surface area contributed by atoms with E-state index in [-0.39, 0.29) is 4.90 Å². The summed E-state index contributed by atoms with van der Waals surface area (Å²) < 4.78 is 27.8. The number of carbonyl (C=O) groups is 1. The van der Waals surface area contributed by atoms with E-state index in [1.807, 2.05) is 6.92 Å². The van der Waals surface area contributed by atoms with Crippen molar-refractivity contribution < 1.29 is 13.2 Å². The topological polar surface area (TPSA) is 66.5 Å². The first-order valence-electron chi connectivity index (χ1n) is 9.08. The van der Waals surface area contributed by atoms with Gasteiger partial charge in [-0.25, -0.2) is 8.42 Å². The van der Waals surface area contributed by atoms with E-state index in [1.165, 1.54) is 18.2 Å². The Hall–Kier alpha value is -2.54. The highest BCUT2D eigenvalue weighted by atomic mass is 35.5. The number of rotatable bonds is 6. The summed E-state index contributed by atoms with van der Waals surface area (Å²) in [5, 5.41) is 3.58. The van der Waals surface area contributed by atoms with E-state index < -0.39 is 22.5 Å². The molecule has 5 nitrogen and oxygen atoms in total. The zero-order valence-electron chi connectivity index (χ0n) is 16.4. The van der Waals surface area contributed by atoms with Gasteiger partial charge in [-0.15, -0.1) is 0 Å². The smallest absolute Gasteiger partial charge is 0.264 e. The van der Waals surface area contributed by atoms with E-state index in [0.29, 0.717) is 27.0 Å². The zero-order chi connectivity index (χ0) is 21.9. The van der Waals surface area contributed by atoms with Crippen LogP contribution in [0.4, 0.5) is 11.4 Å². The molecule has 0 fully saturated rings. The van der Waals surface area contributed by atoms with Crippen LogP contribution in [0.2, 0.25) is 10.0 Å². The number of hydrogen-bond acceptors (Lipinski definition) is 3. The number of hydrogen-bond donors (Lipinski definition) is 1. The number of benzene rings is 3. The molecule has 0 aliphatic carbocycles. The molecule has 156 valence electrons. The second kappa shape index (κ2) is 9.08. The Kier molecular flexibility index (Phi) is 6.71. The van der Waals surface area contributed by atoms with Crippen molar-refractivity contribution >= 4 is 50.5 Å². The van der Waals surface area contributed by atoms with Crippen LogP contribution < -0.4 is 9.62 Å². The average Bonchev–Trinajstić information content (AvgIpc) is 2.71. The number of aryl methyl sites for hydroxylation is 2. The fraction of sp³-hybridized carbons (Fsp3) is 0.136. The van der Waals surface area contributed by atoms with Gasteiger partial charge in [-0.1, -0.05) is 53.5 Å². The van der Waals surface area contributed by atoms with E-state index >= 15 is 0 Å². The monoisotopic (exact) mass is 462 g/mol. The lowest BCUT2D eigenvalue weighted by molar-refractivity contribution is -0.114. The van der Waals surface area contributed by atoms with Gasteiger partial charge in [0.1, 0.15) is 6.54 Å². The van der Waals surface area contributed by atoms with Gasteiger partial charge in [0.2, 0.25) is 5.91 Å². The Morgan fingerprint density at radius 2 is 1.50 bits per heavy atom. The Morgan fingerprint density at radius 3 is 2.17 bits per heavy atom. The summed E-state index contributed by atoms with van der Waals surface area (Å²) >= 11 is 12.1. The van der Waals surface area contributed by atoms with Crippen LogP contribution in [0.1, 0.15) is 11.1 Å². The largest absolute Gasteiger partial charge is 0.324 e. The molecule has 1 amide bonds. The molecule has 0 radical (unpaired) electrons. The summed E-state index contributed by atoms with van der Waals surface area (Å²) in [4.78, 5) is 12.9. The van der Waals surface area contributed by atoms with Gasteiger partial charge >= 0.3 is 0 Å². The second-order valence-corrected chi connectivity index (χ2v) is 9.50. The molecule has 3 rings (SSSR count). The summed E-state index contributed by atoms with van der Waals surface area (Å²) in [5.74, 6) is -0.501. The molecule has 0 aromatic heterocycles. The third-order valence-corrected chi connectivity index (χ3v) is 6.78. The molecule has 8 heteroatoms. The Morgan fingerprint density at radius 1 is 0.900 bits per heavy atom. The van der Waals surface area contributed by atoms with Crippen LogP contribution in [0.15, 0.2) is 71.6 Å². The van der Waals surface area contributed by atoms with Crippen molar-refractivity contribution in [1.29, 1.82) is 0 Å². The highest BCUT2D eigenvalue weighted by Crippen LogP contribution is 2.29. The molecular weight excluding hydrogens is 443 g/mol. The van der Waals surface area contributed by atoms with Gasteiger partial charge in [0.05, 0.1) is 10.6 Å². The SMILES string of the molecule is Cc1ccc(Cl)cc1NC(=O)CN(c1cc(Cl)ccc1C)S(=O)(=O)c1ccccc1. The van der Waals surface area contributed by atoms with Crippen LogP contribution >= 0.6 is 23.2 Å². The lowest BCUT2D eigenvalue weighted by Crippen LogP contribution is -2.38. The lowest BCUT2D eigenvalue weighted by Gasteiger charge is -2.26. The molecule has 30 heavy (non-hydrogen) atoms. The number of halogens is 2. The van der Waals surface area contributed by atoms with Crippen molar-refractivity contribution in [1.82, 2.24) is 0 Å². The van der Waals surface area contributed by atoms with Crippen molar-refractivity contribution in [3.05, 3.63) is 87.9 Å². The summed E-state index contributed by atoms with van der Waals surface area (Å²) in [5.41, 5.74) is 2.34. The summed E-state index contributed by atoms with van der Waals surface area (Å²) in [7, 11) is -4.01. The molecule has 0 aliphatic rings. The number of nitrogens with zero attached hydrogens (tertiary/aromatic N) is 1. The summed E-state index contributed by atoms with van der Waals surface area (Å²) in [6.45, 7) is 3.16. The molecule has 0 spiro atoms. The first kappa shape index (κ1) is 22.2.